The molecule has 0 spiro atoms. The number of rotatable bonds is 4. The Bertz CT molecular complexity index is 753. The minimum Gasteiger partial charge on any atom is -0.406 e. The van der Waals surface area contributed by atoms with Gasteiger partial charge in [0.15, 0.2) is 0 Å². The van der Waals surface area contributed by atoms with Crippen molar-refractivity contribution >= 4 is 17.2 Å². The van der Waals surface area contributed by atoms with Crippen LogP contribution in [0.15, 0.2) is 29.6 Å². The molecule has 1 aliphatic rings. The van der Waals surface area contributed by atoms with E-state index >= 15 is 0 Å². The summed E-state index contributed by atoms with van der Waals surface area (Å²) in [7, 11) is 0. The Morgan fingerprint density at radius 1 is 1.32 bits per heavy atom. The molecular formula is C18H18F3NO2S. The molecule has 7 heteroatoms. The number of amides is 1. The maximum atomic E-state index is 12.4. The van der Waals surface area contributed by atoms with Gasteiger partial charge in [0.25, 0.3) is 5.91 Å². The van der Waals surface area contributed by atoms with Crippen molar-refractivity contribution in [2.45, 2.75) is 39.1 Å². The van der Waals surface area contributed by atoms with Gasteiger partial charge in [-0.25, -0.2) is 0 Å². The first-order chi connectivity index (χ1) is 11.8. The molecule has 0 bridgehead atoms. The number of thiophene rings is 1. The molecule has 3 nitrogen and oxygen atoms in total. The van der Waals surface area contributed by atoms with Crippen molar-refractivity contribution in [1.82, 2.24) is 5.32 Å². The minimum atomic E-state index is -4.70. The Balaban J connectivity index is 1.59. The summed E-state index contributed by atoms with van der Waals surface area (Å²) in [6.07, 6.45) is -1.67. The topological polar surface area (TPSA) is 38.3 Å². The molecule has 2 aromatic rings. The van der Waals surface area contributed by atoms with Crippen molar-refractivity contribution in [2.24, 2.45) is 5.92 Å². The highest BCUT2D eigenvalue weighted by Gasteiger charge is 2.31. The van der Waals surface area contributed by atoms with E-state index in [9.17, 15) is 18.0 Å². The lowest BCUT2D eigenvalue weighted by Gasteiger charge is -2.18. The average molecular weight is 369 g/mol. The van der Waals surface area contributed by atoms with Crippen LogP contribution in [-0.4, -0.2) is 12.3 Å². The van der Waals surface area contributed by atoms with Crippen LogP contribution in [0.4, 0.5) is 13.2 Å². The number of hydrogen-bond donors (Lipinski definition) is 1. The highest BCUT2D eigenvalue weighted by molar-refractivity contribution is 7.10. The van der Waals surface area contributed by atoms with Crippen LogP contribution < -0.4 is 10.1 Å². The van der Waals surface area contributed by atoms with Gasteiger partial charge in [-0.2, -0.15) is 0 Å². The maximum absolute atomic E-state index is 12.4. The Morgan fingerprint density at radius 2 is 2.04 bits per heavy atom. The zero-order valence-corrected chi connectivity index (χ0v) is 14.5. The van der Waals surface area contributed by atoms with Gasteiger partial charge in [0.2, 0.25) is 0 Å². The van der Waals surface area contributed by atoms with Crippen molar-refractivity contribution < 1.29 is 22.7 Å². The normalized spacial score (nSPS) is 17.0. The Hall–Kier alpha value is -2.02. The number of carbonyl (C=O) groups excluding carboxylic acids is 1. The molecule has 0 saturated heterocycles. The second-order valence-electron chi connectivity index (χ2n) is 6.27. The molecule has 3 rings (SSSR count). The Labute approximate surface area is 147 Å². The average Bonchev–Trinajstić information content (AvgIpc) is 2.95. The van der Waals surface area contributed by atoms with Gasteiger partial charge in [0.05, 0.1) is 5.56 Å². The third-order valence-corrected chi connectivity index (χ3v) is 5.31. The molecule has 134 valence electrons. The zero-order chi connectivity index (χ0) is 18.0. The third kappa shape index (κ3) is 4.54. The number of hydrogen-bond acceptors (Lipinski definition) is 3. The fourth-order valence-electron chi connectivity index (χ4n) is 2.95. The molecule has 0 fully saturated rings. The smallest absolute Gasteiger partial charge is 0.406 e. The van der Waals surface area contributed by atoms with Crippen molar-refractivity contribution in [2.75, 3.05) is 0 Å². The molecule has 0 aliphatic heterocycles. The number of halogens is 3. The van der Waals surface area contributed by atoms with Gasteiger partial charge in [0, 0.05) is 16.8 Å². The second kappa shape index (κ2) is 7.07. The van der Waals surface area contributed by atoms with E-state index in [0.29, 0.717) is 11.5 Å². The summed E-state index contributed by atoms with van der Waals surface area (Å²) in [5.74, 6) is 0.241. The third-order valence-electron chi connectivity index (χ3n) is 4.26. The lowest BCUT2D eigenvalue weighted by molar-refractivity contribution is -0.274. The van der Waals surface area contributed by atoms with E-state index in [-0.39, 0.29) is 18.2 Å². The minimum absolute atomic E-state index is 0.136. The number of ether oxygens (including phenoxy) is 1. The number of carbonyl (C=O) groups is 1. The predicted octanol–water partition coefficient (Wildman–Crippen LogP) is 4.70. The van der Waals surface area contributed by atoms with Gasteiger partial charge in [-0.3, -0.25) is 4.79 Å². The van der Waals surface area contributed by atoms with Gasteiger partial charge < -0.3 is 10.1 Å². The summed E-state index contributed by atoms with van der Waals surface area (Å²) in [4.78, 5) is 13.7. The summed E-state index contributed by atoms with van der Waals surface area (Å²) in [6.45, 7) is 2.47. The van der Waals surface area contributed by atoms with Crippen molar-refractivity contribution in [3.63, 3.8) is 0 Å². The van der Waals surface area contributed by atoms with Crippen molar-refractivity contribution in [3.05, 3.63) is 51.2 Å². The first-order valence-electron chi connectivity index (χ1n) is 8.04. The summed E-state index contributed by atoms with van der Waals surface area (Å²) in [5, 5.41) is 4.74. The van der Waals surface area contributed by atoms with Crippen LogP contribution in [0.5, 0.6) is 5.75 Å². The van der Waals surface area contributed by atoms with Crippen LogP contribution in [0.3, 0.4) is 0 Å². The molecule has 0 saturated carbocycles. The van der Waals surface area contributed by atoms with Crippen LogP contribution in [0, 0.1) is 5.92 Å². The maximum Gasteiger partial charge on any atom is 0.573 e. The van der Waals surface area contributed by atoms with Crippen LogP contribution in [-0.2, 0) is 19.4 Å². The van der Waals surface area contributed by atoms with E-state index in [1.807, 2.05) is 5.38 Å². The number of fused-ring (bicyclic) bond motifs is 1. The molecule has 1 aliphatic carbocycles. The molecule has 1 heterocycles. The quantitative estimate of drug-likeness (QED) is 0.848. The largest absolute Gasteiger partial charge is 0.573 e. The number of nitrogens with one attached hydrogen (secondary N) is 1. The van der Waals surface area contributed by atoms with Crippen LogP contribution in [0.1, 0.15) is 39.7 Å². The molecule has 0 radical (unpaired) electrons. The number of benzene rings is 1. The van der Waals surface area contributed by atoms with Gasteiger partial charge in [-0.1, -0.05) is 19.1 Å². The standard InChI is InChI=1S/C18H18F3NO2S/c1-11-2-7-14-15(10-25-16(14)8-11)17(23)22-9-12-3-5-13(6-4-12)24-18(19,20)21/h3-6,10-11H,2,7-9H2,1H3,(H,22,23). The van der Waals surface area contributed by atoms with Crippen LogP contribution in [0.25, 0.3) is 0 Å². The monoisotopic (exact) mass is 369 g/mol. The molecule has 1 N–H and O–H groups in total. The molecule has 1 unspecified atom stereocenters. The molecule has 1 aromatic heterocycles. The van der Waals surface area contributed by atoms with Crippen molar-refractivity contribution in [3.8, 4) is 5.75 Å². The summed E-state index contributed by atoms with van der Waals surface area (Å²) < 4.78 is 40.2. The van der Waals surface area contributed by atoms with E-state index in [2.05, 4.69) is 17.0 Å². The molecule has 1 amide bonds. The van der Waals surface area contributed by atoms with E-state index in [1.165, 1.54) is 29.1 Å². The first kappa shape index (κ1) is 17.8. The fraction of sp³-hybridized carbons (Fsp3) is 0.389. The van der Waals surface area contributed by atoms with E-state index in [1.54, 1.807) is 11.3 Å². The molecule has 25 heavy (non-hydrogen) atoms. The molecular weight excluding hydrogens is 351 g/mol. The summed E-state index contributed by atoms with van der Waals surface area (Å²) in [5.41, 5.74) is 2.58. The predicted molar refractivity (Wildman–Crippen MR) is 89.8 cm³/mol. The number of alkyl halides is 3. The van der Waals surface area contributed by atoms with E-state index < -0.39 is 6.36 Å². The van der Waals surface area contributed by atoms with Gasteiger partial charge in [-0.15, -0.1) is 24.5 Å². The zero-order valence-electron chi connectivity index (χ0n) is 13.7. The fourth-order valence-corrected chi connectivity index (χ4v) is 4.20. The summed E-state index contributed by atoms with van der Waals surface area (Å²) in [6, 6.07) is 5.49. The highest BCUT2D eigenvalue weighted by atomic mass is 32.1. The summed E-state index contributed by atoms with van der Waals surface area (Å²) >= 11 is 1.63. The van der Waals surface area contributed by atoms with Crippen molar-refractivity contribution in [1.29, 1.82) is 0 Å². The Morgan fingerprint density at radius 3 is 2.72 bits per heavy atom. The van der Waals surface area contributed by atoms with Gasteiger partial charge >= 0.3 is 6.36 Å². The van der Waals surface area contributed by atoms with Gasteiger partial charge in [-0.05, 0) is 48.4 Å². The lowest BCUT2D eigenvalue weighted by atomic mass is 9.88. The molecule has 1 atom stereocenters. The van der Waals surface area contributed by atoms with Crippen LogP contribution >= 0.6 is 11.3 Å². The van der Waals surface area contributed by atoms with E-state index in [4.69, 9.17) is 0 Å². The lowest BCUT2D eigenvalue weighted by Crippen LogP contribution is -2.24. The van der Waals surface area contributed by atoms with Crippen LogP contribution in [0.2, 0.25) is 0 Å². The Kier molecular flexibility index (Phi) is 5.03. The highest BCUT2D eigenvalue weighted by Crippen LogP contribution is 2.32. The first-order valence-corrected chi connectivity index (χ1v) is 8.92. The second-order valence-corrected chi connectivity index (χ2v) is 7.24. The molecule has 1 aromatic carbocycles. The SMILES string of the molecule is CC1CCc2c(C(=O)NCc3ccc(OC(F)(F)F)cc3)csc2C1. The van der Waals surface area contributed by atoms with E-state index in [0.717, 1.165) is 30.4 Å². The van der Waals surface area contributed by atoms with Gasteiger partial charge in [0.1, 0.15) is 5.75 Å².